The van der Waals surface area contributed by atoms with Crippen LogP contribution < -0.4 is 0 Å². The Labute approximate surface area is 181 Å². The van der Waals surface area contributed by atoms with Gasteiger partial charge in [-0.1, -0.05) is 88.3 Å². The highest BCUT2D eigenvalue weighted by molar-refractivity contribution is 7.99. The Morgan fingerprint density at radius 2 is 1.52 bits per heavy atom. The molecule has 0 spiro atoms. The largest absolute Gasteiger partial charge is 0.410 e. The molecular weight excluding hydrogens is 378 g/mol. The highest BCUT2D eigenvalue weighted by Gasteiger charge is 2.09. The van der Waals surface area contributed by atoms with Gasteiger partial charge >= 0.3 is 0 Å². The predicted molar refractivity (Wildman–Crippen MR) is 123 cm³/mol. The van der Waals surface area contributed by atoms with E-state index in [0.29, 0.717) is 11.1 Å². The number of pyridine rings is 1. The van der Waals surface area contributed by atoms with E-state index >= 15 is 0 Å². The summed E-state index contributed by atoms with van der Waals surface area (Å²) in [6, 6.07) is 5.68. The Kier molecular flexibility index (Phi) is 13.2. The van der Waals surface area contributed by atoms with Gasteiger partial charge in [0.25, 0.3) is 11.1 Å². The molecule has 0 N–H and O–H groups in total. The number of allylic oxidation sites excluding steroid dienone is 2. The van der Waals surface area contributed by atoms with Gasteiger partial charge in [0.15, 0.2) is 0 Å². The van der Waals surface area contributed by atoms with E-state index in [1.54, 1.807) is 18.0 Å². The van der Waals surface area contributed by atoms with Crippen LogP contribution in [0.5, 0.6) is 0 Å². The fourth-order valence-corrected chi connectivity index (χ4v) is 3.95. The van der Waals surface area contributed by atoms with Gasteiger partial charge in [-0.25, -0.2) is 0 Å². The van der Waals surface area contributed by atoms with Crippen molar-refractivity contribution in [2.75, 3.05) is 5.75 Å². The first-order valence-electron chi connectivity index (χ1n) is 11.4. The van der Waals surface area contributed by atoms with Gasteiger partial charge in [-0.15, -0.1) is 10.2 Å². The van der Waals surface area contributed by atoms with Crippen molar-refractivity contribution in [1.82, 2.24) is 15.2 Å². The van der Waals surface area contributed by atoms with Crippen molar-refractivity contribution < 1.29 is 4.42 Å². The lowest BCUT2D eigenvalue weighted by atomic mass is 10.1. The molecule has 5 heteroatoms. The van der Waals surface area contributed by atoms with E-state index in [1.165, 1.54) is 83.5 Å². The molecule has 0 aliphatic carbocycles. The molecule has 0 aliphatic heterocycles. The highest BCUT2D eigenvalue weighted by Crippen LogP contribution is 2.22. The third kappa shape index (κ3) is 11.2. The fourth-order valence-electron chi connectivity index (χ4n) is 3.19. The molecule has 0 bridgehead atoms. The number of rotatable bonds is 17. The maximum Gasteiger partial charge on any atom is 0.276 e. The third-order valence-corrected chi connectivity index (χ3v) is 5.83. The summed E-state index contributed by atoms with van der Waals surface area (Å²) in [6.45, 7) is 2.28. The summed E-state index contributed by atoms with van der Waals surface area (Å²) in [7, 11) is 0. The molecule has 29 heavy (non-hydrogen) atoms. The van der Waals surface area contributed by atoms with E-state index in [0.717, 1.165) is 11.4 Å². The summed E-state index contributed by atoms with van der Waals surface area (Å²) in [5.74, 6) is 1.53. The second-order valence-electron chi connectivity index (χ2n) is 7.52. The second-order valence-corrected chi connectivity index (χ2v) is 8.57. The molecule has 2 aromatic heterocycles. The van der Waals surface area contributed by atoms with Crippen molar-refractivity contribution >= 4 is 11.8 Å². The number of hydrogen-bond donors (Lipinski definition) is 0. The lowest BCUT2D eigenvalue weighted by Gasteiger charge is -2.00. The first-order chi connectivity index (χ1) is 14.4. The van der Waals surface area contributed by atoms with Crippen molar-refractivity contribution in [1.29, 1.82) is 0 Å². The maximum absolute atomic E-state index is 5.66. The van der Waals surface area contributed by atoms with Crippen LogP contribution in [0.25, 0.3) is 11.6 Å². The maximum atomic E-state index is 5.66. The van der Waals surface area contributed by atoms with Crippen molar-refractivity contribution in [2.24, 2.45) is 0 Å². The van der Waals surface area contributed by atoms with Crippen LogP contribution in [0, 0.1) is 0 Å². The van der Waals surface area contributed by atoms with Gasteiger partial charge in [0.1, 0.15) is 5.69 Å². The van der Waals surface area contributed by atoms with Gasteiger partial charge in [-0.05, 0) is 44.2 Å². The van der Waals surface area contributed by atoms with E-state index in [-0.39, 0.29) is 0 Å². The minimum Gasteiger partial charge on any atom is -0.410 e. The number of hydrogen-bond acceptors (Lipinski definition) is 5. The molecule has 0 aliphatic rings. The van der Waals surface area contributed by atoms with Crippen LogP contribution in [0.15, 0.2) is 46.2 Å². The Morgan fingerprint density at radius 3 is 2.21 bits per heavy atom. The Hall–Kier alpha value is -1.62. The molecular formula is C24H37N3OS. The number of unbranched alkanes of at least 4 members (excludes halogenated alkanes) is 11. The molecule has 4 nitrogen and oxygen atoms in total. The summed E-state index contributed by atoms with van der Waals surface area (Å²) in [5.41, 5.74) is 0.730. The lowest BCUT2D eigenvalue weighted by molar-refractivity contribution is 0.464. The van der Waals surface area contributed by atoms with E-state index < -0.39 is 0 Å². The first kappa shape index (κ1) is 23.7. The summed E-state index contributed by atoms with van der Waals surface area (Å²) in [5, 5.41) is 8.81. The minimum absolute atomic E-state index is 0.498. The number of nitrogens with zero attached hydrogens (tertiary/aromatic N) is 3. The molecule has 0 aromatic carbocycles. The van der Waals surface area contributed by atoms with Crippen LogP contribution in [0.4, 0.5) is 0 Å². The Bertz CT molecular complexity index is 657. The van der Waals surface area contributed by atoms with Crippen LogP contribution in [-0.4, -0.2) is 20.9 Å². The second kappa shape index (κ2) is 16.2. The van der Waals surface area contributed by atoms with Crippen molar-refractivity contribution in [3.8, 4) is 11.6 Å². The highest BCUT2D eigenvalue weighted by atomic mass is 32.2. The Balaban J connectivity index is 1.38. The monoisotopic (exact) mass is 415 g/mol. The van der Waals surface area contributed by atoms with Gasteiger partial charge in [0, 0.05) is 11.9 Å². The van der Waals surface area contributed by atoms with Crippen LogP contribution in [0.2, 0.25) is 0 Å². The zero-order valence-corrected chi connectivity index (χ0v) is 18.8. The topological polar surface area (TPSA) is 51.8 Å². The average Bonchev–Trinajstić information content (AvgIpc) is 3.23. The third-order valence-electron chi connectivity index (χ3n) is 4.92. The van der Waals surface area contributed by atoms with E-state index in [2.05, 4.69) is 34.3 Å². The predicted octanol–water partition coefficient (Wildman–Crippen LogP) is 7.87. The van der Waals surface area contributed by atoms with Gasteiger partial charge in [-0.2, -0.15) is 0 Å². The molecule has 2 rings (SSSR count). The van der Waals surface area contributed by atoms with Crippen LogP contribution in [-0.2, 0) is 0 Å². The molecule has 0 fully saturated rings. The van der Waals surface area contributed by atoms with Gasteiger partial charge in [0.05, 0.1) is 0 Å². The zero-order valence-electron chi connectivity index (χ0n) is 18.0. The SMILES string of the molecule is CCCCCCCC/C=C\CCCCCCCSc1nnc(-c2ccccn2)o1. The van der Waals surface area contributed by atoms with Crippen molar-refractivity contribution in [3.05, 3.63) is 36.5 Å². The molecule has 0 amide bonds. The van der Waals surface area contributed by atoms with Gasteiger partial charge in [-0.3, -0.25) is 4.98 Å². The van der Waals surface area contributed by atoms with E-state index in [9.17, 15) is 0 Å². The van der Waals surface area contributed by atoms with Crippen LogP contribution in [0.1, 0.15) is 90.4 Å². The summed E-state index contributed by atoms with van der Waals surface area (Å²) in [6.07, 6.45) is 23.8. The lowest BCUT2D eigenvalue weighted by Crippen LogP contribution is -1.83. The fraction of sp³-hybridized carbons (Fsp3) is 0.625. The molecule has 0 radical (unpaired) electrons. The molecule has 2 aromatic rings. The van der Waals surface area contributed by atoms with Crippen molar-refractivity contribution in [2.45, 2.75) is 95.6 Å². The van der Waals surface area contributed by atoms with Crippen LogP contribution >= 0.6 is 11.8 Å². The van der Waals surface area contributed by atoms with E-state index in [1.807, 2.05) is 18.2 Å². The molecule has 0 saturated carbocycles. The summed E-state index contributed by atoms with van der Waals surface area (Å²) < 4.78 is 5.66. The number of aromatic nitrogens is 3. The standard InChI is InChI=1S/C24H37N3OS/c1-2-3-4-5-6-7-8-9-10-11-12-13-14-15-18-21-29-24-27-26-23(28-24)22-19-16-17-20-25-22/h9-10,16-17,19-20H,2-8,11-15,18,21H2,1H3/b10-9-. The smallest absolute Gasteiger partial charge is 0.276 e. The van der Waals surface area contributed by atoms with Gasteiger partial charge in [0.2, 0.25) is 0 Å². The zero-order chi connectivity index (χ0) is 20.4. The summed E-state index contributed by atoms with van der Waals surface area (Å²) >= 11 is 1.64. The van der Waals surface area contributed by atoms with Gasteiger partial charge < -0.3 is 4.42 Å². The molecule has 0 unspecified atom stereocenters. The molecule has 2 heterocycles. The molecule has 0 atom stereocenters. The molecule has 160 valence electrons. The van der Waals surface area contributed by atoms with Crippen molar-refractivity contribution in [3.63, 3.8) is 0 Å². The van der Waals surface area contributed by atoms with E-state index in [4.69, 9.17) is 4.42 Å². The normalized spacial score (nSPS) is 11.5. The minimum atomic E-state index is 0.498. The summed E-state index contributed by atoms with van der Waals surface area (Å²) in [4.78, 5) is 4.23. The van der Waals surface area contributed by atoms with Crippen LogP contribution in [0.3, 0.4) is 0 Å². The quantitative estimate of drug-likeness (QED) is 0.149. The Morgan fingerprint density at radius 1 is 0.828 bits per heavy atom. The average molecular weight is 416 g/mol. The first-order valence-corrected chi connectivity index (χ1v) is 12.4. The molecule has 0 saturated heterocycles. The number of thioether (sulfide) groups is 1.